The zero-order valence-electron chi connectivity index (χ0n) is 14.5. The van der Waals surface area contributed by atoms with Gasteiger partial charge in [0.2, 0.25) is 0 Å². The van der Waals surface area contributed by atoms with Gasteiger partial charge in [-0.05, 0) is 13.0 Å². The number of morpholine rings is 1. The van der Waals surface area contributed by atoms with Crippen LogP contribution in [0.3, 0.4) is 0 Å². The lowest BCUT2D eigenvalue weighted by atomic mass is 10.2. The van der Waals surface area contributed by atoms with Crippen LogP contribution in [-0.2, 0) is 9.47 Å². The Kier molecular flexibility index (Phi) is 5.70. The molecular weight excluding hydrogens is 324 g/mol. The molecule has 1 aromatic rings. The van der Waals surface area contributed by atoms with Crippen LogP contribution in [0, 0.1) is 0 Å². The number of carbonyl (C=O) groups is 2. The van der Waals surface area contributed by atoms with Crippen LogP contribution in [0.2, 0.25) is 0 Å². The quantitative estimate of drug-likeness (QED) is 0.806. The minimum Gasteiger partial charge on any atom is -0.450 e. The maximum absolute atomic E-state index is 12.7. The van der Waals surface area contributed by atoms with Gasteiger partial charge in [0.1, 0.15) is 0 Å². The lowest BCUT2D eigenvalue weighted by molar-refractivity contribution is 0.0570. The SMILES string of the molecule is CCOC(=O)N1CCN(C(=O)c2cncc(N3CCOCC3)c2)CC1. The Morgan fingerprint density at radius 3 is 2.44 bits per heavy atom. The molecule has 0 aliphatic carbocycles. The van der Waals surface area contributed by atoms with E-state index in [4.69, 9.17) is 9.47 Å². The molecule has 25 heavy (non-hydrogen) atoms. The predicted molar refractivity (Wildman–Crippen MR) is 91.8 cm³/mol. The van der Waals surface area contributed by atoms with Crippen LogP contribution in [0.15, 0.2) is 18.5 Å². The van der Waals surface area contributed by atoms with Crippen molar-refractivity contribution in [2.24, 2.45) is 0 Å². The minimum atomic E-state index is -0.314. The molecule has 0 atom stereocenters. The van der Waals surface area contributed by atoms with Gasteiger partial charge in [-0.15, -0.1) is 0 Å². The number of carbonyl (C=O) groups excluding carboxylic acids is 2. The van der Waals surface area contributed by atoms with E-state index in [0.717, 1.165) is 18.8 Å². The summed E-state index contributed by atoms with van der Waals surface area (Å²) in [6.07, 6.45) is 3.07. The second-order valence-electron chi connectivity index (χ2n) is 6.01. The fourth-order valence-corrected chi connectivity index (χ4v) is 3.03. The predicted octanol–water partition coefficient (Wildman–Crippen LogP) is 0.833. The number of amides is 2. The van der Waals surface area contributed by atoms with Gasteiger partial charge < -0.3 is 24.2 Å². The molecule has 0 unspecified atom stereocenters. The van der Waals surface area contributed by atoms with Gasteiger partial charge in [-0.25, -0.2) is 4.79 Å². The highest BCUT2D eigenvalue weighted by atomic mass is 16.6. The Hall–Kier alpha value is -2.35. The maximum atomic E-state index is 12.7. The number of ether oxygens (including phenoxy) is 2. The molecule has 2 amide bonds. The molecule has 2 aliphatic heterocycles. The zero-order valence-corrected chi connectivity index (χ0v) is 14.5. The second-order valence-corrected chi connectivity index (χ2v) is 6.01. The number of hydrogen-bond donors (Lipinski definition) is 0. The summed E-state index contributed by atoms with van der Waals surface area (Å²) < 4.78 is 10.4. The highest BCUT2D eigenvalue weighted by Crippen LogP contribution is 2.18. The van der Waals surface area contributed by atoms with E-state index in [1.807, 2.05) is 6.07 Å². The molecule has 2 fully saturated rings. The number of aromatic nitrogens is 1. The summed E-state index contributed by atoms with van der Waals surface area (Å²) in [4.78, 5) is 34.3. The smallest absolute Gasteiger partial charge is 0.409 e. The summed E-state index contributed by atoms with van der Waals surface area (Å²) in [6, 6.07) is 1.89. The van der Waals surface area contributed by atoms with Crippen molar-refractivity contribution in [1.29, 1.82) is 0 Å². The molecule has 0 saturated carbocycles. The summed E-state index contributed by atoms with van der Waals surface area (Å²) in [7, 11) is 0. The summed E-state index contributed by atoms with van der Waals surface area (Å²) in [5.74, 6) is -0.0499. The third kappa shape index (κ3) is 4.19. The molecule has 0 radical (unpaired) electrons. The Morgan fingerprint density at radius 1 is 1.08 bits per heavy atom. The molecule has 1 aromatic heterocycles. The van der Waals surface area contributed by atoms with Gasteiger partial charge in [-0.2, -0.15) is 0 Å². The van der Waals surface area contributed by atoms with Gasteiger partial charge in [0.15, 0.2) is 0 Å². The zero-order chi connectivity index (χ0) is 17.6. The van der Waals surface area contributed by atoms with Crippen molar-refractivity contribution in [2.75, 3.05) is 64.0 Å². The summed E-state index contributed by atoms with van der Waals surface area (Å²) in [6.45, 7) is 7.10. The fourth-order valence-electron chi connectivity index (χ4n) is 3.03. The van der Waals surface area contributed by atoms with E-state index in [9.17, 15) is 9.59 Å². The lowest BCUT2D eigenvalue weighted by Gasteiger charge is -2.34. The number of rotatable bonds is 3. The van der Waals surface area contributed by atoms with Gasteiger partial charge >= 0.3 is 6.09 Å². The number of pyridine rings is 1. The molecule has 8 heteroatoms. The summed E-state index contributed by atoms with van der Waals surface area (Å²) in [5, 5.41) is 0. The van der Waals surface area contributed by atoms with Crippen LogP contribution in [0.25, 0.3) is 0 Å². The highest BCUT2D eigenvalue weighted by molar-refractivity contribution is 5.95. The molecule has 2 saturated heterocycles. The summed E-state index contributed by atoms with van der Waals surface area (Å²) in [5.41, 5.74) is 1.52. The van der Waals surface area contributed by atoms with Crippen LogP contribution in [0.1, 0.15) is 17.3 Å². The van der Waals surface area contributed by atoms with Crippen molar-refractivity contribution in [1.82, 2.24) is 14.8 Å². The van der Waals surface area contributed by atoms with Crippen molar-refractivity contribution in [3.8, 4) is 0 Å². The monoisotopic (exact) mass is 348 g/mol. The average Bonchev–Trinajstić information content (AvgIpc) is 2.68. The van der Waals surface area contributed by atoms with Gasteiger partial charge in [0, 0.05) is 45.5 Å². The molecule has 8 nitrogen and oxygen atoms in total. The first-order valence-electron chi connectivity index (χ1n) is 8.67. The highest BCUT2D eigenvalue weighted by Gasteiger charge is 2.26. The minimum absolute atomic E-state index is 0.0499. The number of anilines is 1. The van der Waals surface area contributed by atoms with E-state index >= 15 is 0 Å². The molecular formula is C17H24N4O4. The van der Waals surface area contributed by atoms with Crippen molar-refractivity contribution >= 4 is 17.7 Å². The fraction of sp³-hybridized carbons (Fsp3) is 0.588. The first-order valence-corrected chi connectivity index (χ1v) is 8.67. The number of nitrogens with zero attached hydrogens (tertiary/aromatic N) is 4. The molecule has 0 bridgehead atoms. The van der Waals surface area contributed by atoms with E-state index < -0.39 is 0 Å². The van der Waals surface area contributed by atoms with Crippen LogP contribution in [0.5, 0.6) is 0 Å². The van der Waals surface area contributed by atoms with Gasteiger partial charge in [0.25, 0.3) is 5.91 Å². The molecule has 0 aromatic carbocycles. The topological polar surface area (TPSA) is 75.2 Å². The largest absolute Gasteiger partial charge is 0.450 e. The summed E-state index contributed by atoms with van der Waals surface area (Å²) >= 11 is 0. The average molecular weight is 348 g/mol. The molecule has 2 aliphatic rings. The molecule has 0 N–H and O–H groups in total. The molecule has 3 heterocycles. The van der Waals surface area contributed by atoms with Gasteiger partial charge in [-0.1, -0.05) is 0 Å². The molecule has 136 valence electrons. The van der Waals surface area contributed by atoms with E-state index in [-0.39, 0.29) is 12.0 Å². The van der Waals surface area contributed by atoms with Crippen molar-refractivity contribution in [3.63, 3.8) is 0 Å². The van der Waals surface area contributed by atoms with E-state index in [0.29, 0.717) is 51.6 Å². The van der Waals surface area contributed by atoms with Gasteiger partial charge in [0.05, 0.1) is 37.3 Å². The van der Waals surface area contributed by atoms with Crippen LogP contribution in [0.4, 0.5) is 10.5 Å². The first-order chi connectivity index (χ1) is 12.2. The molecule has 0 spiro atoms. The van der Waals surface area contributed by atoms with Gasteiger partial charge in [-0.3, -0.25) is 9.78 Å². The Morgan fingerprint density at radius 2 is 1.76 bits per heavy atom. The van der Waals surface area contributed by atoms with E-state index in [1.165, 1.54) is 0 Å². The molecule has 3 rings (SSSR count). The third-order valence-corrected chi connectivity index (χ3v) is 4.44. The van der Waals surface area contributed by atoms with Crippen molar-refractivity contribution in [2.45, 2.75) is 6.92 Å². The Bertz CT molecular complexity index is 610. The third-order valence-electron chi connectivity index (χ3n) is 4.44. The van der Waals surface area contributed by atoms with E-state index in [2.05, 4.69) is 9.88 Å². The van der Waals surface area contributed by atoms with Crippen LogP contribution < -0.4 is 4.90 Å². The van der Waals surface area contributed by atoms with Crippen LogP contribution in [-0.4, -0.2) is 85.9 Å². The van der Waals surface area contributed by atoms with Crippen molar-refractivity contribution in [3.05, 3.63) is 24.0 Å². The number of piperazine rings is 1. The maximum Gasteiger partial charge on any atom is 0.409 e. The van der Waals surface area contributed by atoms with Crippen LogP contribution >= 0.6 is 0 Å². The normalized spacial score (nSPS) is 18.2. The second kappa shape index (κ2) is 8.15. The van der Waals surface area contributed by atoms with Crippen molar-refractivity contribution < 1.29 is 19.1 Å². The number of hydrogen-bond acceptors (Lipinski definition) is 6. The lowest BCUT2D eigenvalue weighted by Crippen LogP contribution is -2.50. The Balaban J connectivity index is 1.61. The van der Waals surface area contributed by atoms with E-state index in [1.54, 1.807) is 29.1 Å². The Labute approximate surface area is 147 Å². The first kappa shape index (κ1) is 17.5. The standard InChI is InChI=1S/C17H24N4O4/c1-2-25-17(23)21-5-3-20(4-6-21)16(22)14-11-15(13-18-12-14)19-7-9-24-10-8-19/h11-13H,2-10H2,1H3.